The van der Waals surface area contributed by atoms with Crippen molar-refractivity contribution >= 4 is 137 Å². The van der Waals surface area contributed by atoms with Gasteiger partial charge in [0.2, 0.25) is 0 Å². The molecule has 133 heavy (non-hydrogen) atoms. The fourth-order valence-electron chi connectivity index (χ4n) is 13.7. The number of fused-ring (bicyclic) bond motifs is 4. The normalized spacial score (nSPS) is 11.1. The second-order valence-corrected chi connectivity index (χ2v) is 32.3. The highest BCUT2D eigenvalue weighted by Crippen LogP contribution is 2.42. The summed E-state index contributed by atoms with van der Waals surface area (Å²) in [6.07, 6.45) is 13.4. The largest absolute Gasteiger partial charge is 0.443 e. The number of carbonyl (C=O) groups excluding carboxylic acids is 2. The van der Waals surface area contributed by atoms with Gasteiger partial charge >= 0.3 is 0 Å². The Morgan fingerprint density at radius 3 is 1.26 bits per heavy atom. The summed E-state index contributed by atoms with van der Waals surface area (Å²) >= 11 is 27.4. The molecule has 2 amide bonds. The van der Waals surface area contributed by atoms with Crippen LogP contribution in [-0.4, -0.2) is 106 Å². The van der Waals surface area contributed by atoms with Gasteiger partial charge in [-0.25, -0.2) is 72.1 Å². The van der Waals surface area contributed by atoms with Gasteiger partial charge in [-0.1, -0.05) is 88.9 Å². The van der Waals surface area contributed by atoms with E-state index in [2.05, 4.69) is 90.7 Å². The zero-order valence-corrected chi connectivity index (χ0v) is 73.7. The molecule has 20 rings (SSSR count). The smallest absolute Gasteiger partial charge is 0.274 e. The van der Waals surface area contributed by atoms with Gasteiger partial charge in [-0.05, 0) is 183 Å². The first-order valence-corrected chi connectivity index (χ1v) is 42.3. The van der Waals surface area contributed by atoms with Crippen LogP contribution in [-0.2, 0) is 27.2 Å². The minimum absolute atomic E-state index is 0.0139. The Kier molecular flexibility index (Phi) is 25.7. The lowest BCUT2D eigenvalue weighted by molar-refractivity contribution is 0.0938. The number of aryl methyl sites for hydroxylation is 4. The molecule has 8 aromatic carbocycles. The van der Waals surface area contributed by atoms with Crippen molar-refractivity contribution in [3.8, 4) is 107 Å². The van der Waals surface area contributed by atoms with Gasteiger partial charge in [-0.15, -0.1) is 11.3 Å². The van der Waals surface area contributed by atoms with E-state index >= 15 is 0 Å². The minimum Gasteiger partial charge on any atom is -0.443 e. The second-order valence-electron chi connectivity index (χ2n) is 29.4. The summed E-state index contributed by atoms with van der Waals surface area (Å²) in [5.41, 5.74) is 36.6. The molecule has 0 unspecified atom stereocenters. The SMILES string of the molecule is Cc1ccn(-c2nc(N)c(Oc3ccc(F)cc3)nc2-c2cc(Cl)c3ncccc3c2)n1.Cc1ncc(-c2nc(N)c(C(=O)NCc3ccc(F)cc3)nc2-c2cc(Cl)c3ncccc3c2)s1.Cn1ccc(-c2nc(N)c(C(=O)NCc3ccc(F)cc3)nc2-c2cc(Cl)c3ncoc3c2)n1.Cn1ccc(-c2nc(N)c(Oc3ccc(F)cc3)nc2-c2cc(Cl)c3ncccc3c2)n1. The number of nitrogens with two attached hydrogens (primary N) is 4. The maximum absolute atomic E-state index is 13.3. The van der Waals surface area contributed by atoms with Crippen molar-refractivity contribution in [1.29, 1.82) is 0 Å². The Balaban J connectivity index is 0.000000124. The van der Waals surface area contributed by atoms with Gasteiger partial charge in [0.05, 0.1) is 63.6 Å². The maximum atomic E-state index is 13.3. The van der Waals surface area contributed by atoms with Gasteiger partial charge in [0.1, 0.15) is 80.1 Å². The highest BCUT2D eigenvalue weighted by atomic mass is 35.5. The molecule has 0 radical (unpaired) electrons. The van der Waals surface area contributed by atoms with Crippen LogP contribution >= 0.6 is 57.7 Å². The zero-order valence-electron chi connectivity index (χ0n) is 69.9. The van der Waals surface area contributed by atoms with E-state index in [0.717, 1.165) is 37.3 Å². The van der Waals surface area contributed by atoms with Crippen LogP contribution in [0, 0.1) is 37.1 Å². The van der Waals surface area contributed by atoms with E-state index in [4.69, 9.17) is 83.2 Å². The number of anilines is 4. The summed E-state index contributed by atoms with van der Waals surface area (Å²) in [7, 11) is 3.58. The summed E-state index contributed by atoms with van der Waals surface area (Å²) in [5, 5.41) is 23.9. The Bertz CT molecular complexity index is 7610. The molecule has 10 N–H and O–H groups in total. The molecule has 0 aliphatic heterocycles. The molecule has 0 aliphatic rings. The average Bonchev–Trinajstić information content (AvgIpc) is 1.67. The van der Waals surface area contributed by atoms with E-state index in [0.29, 0.717) is 144 Å². The second kappa shape index (κ2) is 38.5. The van der Waals surface area contributed by atoms with Crippen molar-refractivity contribution < 1.29 is 41.0 Å². The molecule has 660 valence electrons. The number of rotatable bonds is 18. The van der Waals surface area contributed by atoms with E-state index in [-0.39, 0.29) is 82.8 Å². The number of thiazole rings is 1. The predicted octanol–water partition coefficient (Wildman–Crippen LogP) is 20.0. The summed E-state index contributed by atoms with van der Waals surface area (Å²) < 4.78 is 74.7. The number of pyridine rings is 3. The first-order chi connectivity index (χ1) is 64.2. The Hall–Kier alpha value is -16.3. The number of ether oxygens (including phenoxy) is 2. The number of amides is 2. The number of hydrogen-bond acceptors (Lipinski definition) is 26. The summed E-state index contributed by atoms with van der Waals surface area (Å²) in [6, 6.07) is 53.8. The monoisotopic (exact) mass is 1870 g/mol. The lowest BCUT2D eigenvalue weighted by Gasteiger charge is -2.14. The topological polar surface area (TPSA) is 415 Å². The number of nitrogens with one attached hydrogen (secondary N) is 2. The van der Waals surface area contributed by atoms with Crippen LogP contribution in [0.5, 0.6) is 23.3 Å². The molecule has 39 heteroatoms. The van der Waals surface area contributed by atoms with Gasteiger partial charge in [-0.2, -0.15) is 15.3 Å². The molecule has 12 aromatic heterocycles. The number of carbonyl (C=O) groups is 2. The predicted molar refractivity (Wildman–Crippen MR) is 501 cm³/mol. The molecule has 0 fully saturated rings. The van der Waals surface area contributed by atoms with Crippen molar-refractivity contribution in [2.24, 2.45) is 14.1 Å². The molecule has 0 saturated heterocycles. The fraction of sp³-hybridized carbons (Fsp3) is 0.0638. The van der Waals surface area contributed by atoms with Gasteiger partial charge in [0.15, 0.2) is 52.5 Å². The van der Waals surface area contributed by atoms with Crippen molar-refractivity contribution in [3.05, 3.63) is 327 Å². The number of nitrogen functional groups attached to an aromatic ring is 4. The first-order valence-electron chi connectivity index (χ1n) is 40.0. The third-order valence-corrected chi connectivity index (χ3v) is 22.1. The maximum Gasteiger partial charge on any atom is 0.274 e. The Labute approximate surface area is 775 Å². The minimum atomic E-state index is -0.532. The van der Waals surface area contributed by atoms with Crippen molar-refractivity contribution in [3.63, 3.8) is 0 Å². The first kappa shape index (κ1) is 88.7. The van der Waals surface area contributed by atoms with Crippen LogP contribution in [0.25, 0.3) is 128 Å². The molecule has 0 atom stereocenters. The molecular formula is C94H67Cl4F4N25O5S. The average molecular weight is 1880 g/mol. The molecule has 20 aromatic rings. The van der Waals surface area contributed by atoms with E-state index in [1.807, 2.05) is 87.6 Å². The number of nitrogens with zero attached hydrogens (tertiary/aromatic N) is 19. The summed E-state index contributed by atoms with van der Waals surface area (Å²) in [4.78, 5) is 84.7. The van der Waals surface area contributed by atoms with Gasteiger partial charge in [-0.3, -0.25) is 33.9 Å². The fourth-order valence-corrected chi connectivity index (χ4v) is 15.5. The molecular weight excluding hydrogens is 1810 g/mol. The van der Waals surface area contributed by atoms with Crippen LogP contribution in [0.3, 0.4) is 0 Å². The number of benzene rings is 8. The molecule has 30 nitrogen and oxygen atoms in total. The van der Waals surface area contributed by atoms with Crippen LogP contribution in [0.4, 0.5) is 40.8 Å². The van der Waals surface area contributed by atoms with E-state index < -0.39 is 11.8 Å². The van der Waals surface area contributed by atoms with Crippen LogP contribution < -0.4 is 43.0 Å². The van der Waals surface area contributed by atoms with Crippen molar-refractivity contribution in [2.45, 2.75) is 26.9 Å². The Morgan fingerprint density at radius 2 is 0.827 bits per heavy atom. The number of aromatic nitrogens is 19. The van der Waals surface area contributed by atoms with Gasteiger partial charge < -0.3 is 47.5 Å². The Morgan fingerprint density at radius 1 is 0.421 bits per heavy atom. The van der Waals surface area contributed by atoms with Crippen LogP contribution in [0.2, 0.25) is 20.1 Å². The zero-order chi connectivity index (χ0) is 92.8. The number of oxazole rings is 1. The lowest BCUT2D eigenvalue weighted by Crippen LogP contribution is -2.26. The van der Waals surface area contributed by atoms with Crippen molar-refractivity contribution in [1.82, 2.24) is 105 Å². The lowest BCUT2D eigenvalue weighted by atomic mass is 10.0. The number of hydrogen-bond donors (Lipinski definition) is 6. The molecule has 0 bridgehead atoms. The molecule has 0 aliphatic carbocycles. The standard InChI is InChI=1S/C25H18ClFN6OS.C23H17ClFN7O2.2C23H16ClFN6O/c1-13-30-12-19(35-13)22-21(16-9-15-3-2-8-29-20(15)18(26)10-16)32-23(24(28)33-22)25(34)31-11-14-4-6-17(27)7-5-14;1-32-7-6-16(31-32)20-18(13-8-15(24)19-17(9-13)34-11-28-19)29-21(22(26)30-20)23(33)27-10-12-2-4-14(25)5-3-12;1-31-10-8-18(30-31)21-20(14-11-13-3-2-9-27-19(13)17(24)12-14)29-23(22(26)28-21)32-16-6-4-15(25)5-7-16;1-13-8-10-31(30-13)22-20(15-11-14-3-2-9-27-19(14)18(24)12-15)28-23(21(26)29-22)32-17-6-4-16(25)5-7-17/h2-10,12H,11H2,1H3,(H2,28,33)(H,31,34);2-9,11H,10H2,1H3,(H2,26,30)(H,27,33);2-12H,1H3,(H2,26,28);2-12H,1H3,(H2,26,29). The highest BCUT2D eigenvalue weighted by Gasteiger charge is 2.28. The third-order valence-electron chi connectivity index (χ3n) is 20.0. The van der Waals surface area contributed by atoms with E-state index in [1.165, 1.54) is 90.5 Å². The summed E-state index contributed by atoms with van der Waals surface area (Å²) in [6.45, 7) is 4.10. The molecule has 0 saturated carbocycles. The van der Waals surface area contributed by atoms with Gasteiger partial charge in [0, 0.05) is 109 Å². The quantitative estimate of drug-likeness (QED) is 0.0435. The molecule has 0 spiro atoms. The van der Waals surface area contributed by atoms with E-state index in [9.17, 15) is 27.2 Å². The summed E-state index contributed by atoms with van der Waals surface area (Å²) in [5.74, 6) is -1.07. The third kappa shape index (κ3) is 20.1. The van der Waals surface area contributed by atoms with Gasteiger partial charge in [0.25, 0.3) is 23.6 Å². The number of halogens is 8. The molecule has 12 heterocycles. The van der Waals surface area contributed by atoms with Crippen molar-refractivity contribution in [2.75, 3.05) is 22.9 Å². The van der Waals surface area contributed by atoms with Crippen LogP contribution in [0.1, 0.15) is 42.8 Å². The van der Waals surface area contributed by atoms with E-state index in [1.54, 1.807) is 125 Å². The van der Waals surface area contributed by atoms with Crippen LogP contribution in [0.15, 0.2) is 254 Å². The highest BCUT2D eigenvalue weighted by molar-refractivity contribution is 7.15.